The van der Waals surface area contributed by atoms with Gasteiger partial charge in [0.1, 0.15) is 17.2 Å². The molecule has 0 N–H and O–H groups in total. The number of benzene rings is 2. The minimum Gasteiger partial charge on any atom is -0.493 e. The van der Waals surface area contributed by atoms with Gasteiger partial charge in [-0.05, 0) is 103 Å². The number of hydrogen-bond donors (Lipinski definition) is 0. The number of esters is 2. The topological polar surface area (TPSA) is 97.4 Å². The summed E-state index contributed by atoms with van der Waals surface area (Å²) in [6.45, 7) is 14.5. The predicted molar refractivity (Wildman–Crippen MR) is 149 cm³/mol. The average molecular weight is 541 g/mol. The first-order valence-corrected chi connectivity index (χ1v) is 12.9. The van der Waals surface area contributed by atoms with Crippen molar-refractivity contribution >= 4 is 23.8 Å². The van der Waals surface area contributed by atoms with Crippen LogP contribution in [0.3, 0.4) is 0 Å². The van der Waals surface area contributed by atoms with E-state index in [1.807, 2.05) is 19.9 Å². The zero-order valence-corrected chi connectivity index (χ0v) is 24.2. The van der Waals surface area contributed by atoms with E-state index in [4.69, 9.17) is 23.7 Å². The molecule has 0 heterocycles. The molecule has 0 amide bonds. The Kier molecular flexibility index (Phi) is 11.1. The number of carbonyl (C=O) groups excluding carboxylic acids is 3. The standard InChI is InChI=1S/C31H40O8/c1-9-16-35-27-18-26(37-20-39-29(34)31(6,7)8)21(2)17-23(27)12-15-25(32)22-10-13-24(14-11-22)36-19-38-28(33)30(3,4)5/h10-15,17-18H,9,16,19-20H2,1-8H3/b15-12+. The maximum atomic E-state index is 12.8. The highest BCUT2D eigenvalue weighted by atomic mass is 16.7. The number of carbonyl (C=O) groups is 3. The molecule has 39 heavy (non-hydrogen) atoms. The highest BCUT2D eigenvalue weighted by Gasteiger charge is 2.24. The van der Waals surface area contributed by atoms with Gasteiger partial charge < -0.3 is 23.7 Å². The highest BCUT2D eigenvalue weighted by Crippen LogP contribution is 2.31. The highest BCUT2D eigenvalue weighted by molar-refractivity contribution is 6.07. The lowest BCUT2D eigenvalue weighted by molar-refractivity contribution is -0.160. The van der Waals surface area contributed by atoms with E-state index in [-0.39, 0.29) is 31.3 Å². The molecule has 0 saturated carbocycles. The van der Waals surface area contributed by atoms with Gasteiger partial charge in [0.2, 0.25) is 13.6 Å². The van der Waals surface area contributed by atoms with Gasteiger partial charge in [0.05, 0.1) is 17.4 Å². The van der Waals surface area contributed by atoms with Crippen molar-refractivity contribution in [3.8, 4) is 17.2 Å². The van der Waals surface area contributed by atoms with E-state index in [0.717, 1.165) is 12.0 Å². The van der Waals surface area contributed by atoms with Crippen LogP contribution in [-0.2, 0) is 19.1 Å². The third-order valence-electron chi connectivity index (χ3n) is 5.37. The molecular weight excluding hydrogens is 500 g/mol. The van der Waals surface area contributed by atoms with Crippen molar-refractivity contribution in [3.05, 3.63) is 59.2 Å². The second-order valence-corrected chi connectivity index (χ2v) is 11.1. The Hall–Kier alpha value is -3.81. The first-order chi connectivity index (χ1) is 18.2. The number of hydrogen-bond acceptors (Lipinski definition) is 8. The van der Waals surface area contributed by atoms with Crippen molar-refractivity contribution in [1.82, 2.24) is 0 Å². The number of allylic oxidation sites excluding steroid dienone is 1. The lowest BCUT2D eigenvalue weighted by Gasteiger charge is -2.18. The van der Waals surface area contributed by atoms with Crippen LogP contribution in [0, 0.1) is 17.8 Å². The summed E-state index contributed by atoms with van der Waals surface area (Å²) in [6, 6.07) is 10.2. The fourth-order valence-electron chi connectivity index (χ4n) is 3.02. The predicted octanol–water partition coefficient (Wildman–Crippen LogP) is 6.53. The van der Waals surface area contributed by atoms with E-state index < -0.39 is 10.8 Å². The summed E-state index contributed by atoms with van der Waals surface area (Å²) >= 11 is 0. The van der Waals surface area contributed by atoms with Crippen LogP contribution in [-0.4, -0.2) is 37.9 Å². The van der Waals surface area contributed by atoms with Crippen LogP contribution in [0.15, 0.2) is 42.5 Å². The fraction of sp³-hybridized carbons (Fsp3) is 0.452. The van der Waals surface area contributed by atoms with Gasteiger partial charge >= 0.3 is 11.9 Å². The lowest BCUT2D eigenvalue weighted by atomic mass is 9.97. The zero-order chi connectivity index (χ0) is 29.2. The van der Waals surface area contributed by atoms with E-state index in [9.17, 15) is 14.4 Å². The zero-order valence-electron chi connectivity index (χ0n) is 24.2. The van der Waals surface area contributed by atoms with Crippen molar-refractivity contribution < 1.29 is 38.1 Å². The Morgan fingerprint density at radius 2 is 1.33 bits per heavy atom. The minimum atomic E-state index is -0.622. The quantitative estimate of drug-likeness (QED) is 0.130. The second kappa shape index (κ2) is 13.8. The smallest absolute Gasteiger partial charge is 0.314 e. The molecule has 0 fully saturated rings. The van der Waals surface area contributed by atoms with Crippen molar-refractivity contribution in [1.29, 1.82) is 0 Å². The van der Waals surface area contributed by atoms with Crippen LogP contribution in [0.5, 0.6) is 17.2 Å². The molecule has 0 atom stereocenters. The molecule has 8 heteroatoms. The van der Waals surface area contributed by atoms with Gasteiger partial charge in [-0.25, -0.2) is 0 Å². The molecule has 0 spiro atoms. The van der Waals surface area contributed by atoms with E-state index in [0.29, 0.717) is 35.0 Å². The third-order valence-corrected chi connectivity index (χ3v) is 5.37. The van der Waals surface area contributed by atoms with Crippen LogP contribution in [0.2, 0.25) is 0 Å². The van der Waals surface area contributed by atoms with Crippen LogP contribution >= 0.6 is 0 Å². The van der Waals surface area contributed by atoms with Gasteiger partial charge in [-0.1, -0.05) is 6.92 Å². The van der Waals surface area contributed by atoms with E-state index in [2.05, 4.69) is 0 Å². The Labute approximate surface area is 231 Å². The Bertz CT molecular complexity index is 1160. The van der Waals surface area contributed by atoms with Gasteiger partial charge in [0, 0.05) is 17.2 Å². The largest absolute Gasteiger partial charge is 0.493 e. The summed E-state index contributed by atoms with van der Waals surface area (Å²) in [5.41, 5.74) is 0.753. The van der Waals surface area contributed by atoms with Gasteiger partial charge in [-0.15, -0.1) is 0 Å². The van der Waals surface area contributed by atoms with Crippen molar-refractivity contribution in [2.75, 3.05) is 20.2 Å². The molecule has 2 aromatic rings. The van der Waals surface area contributed by atoms with Crippen molar-refractivity contribution in [3.63, 3.8) is 0 Å². The van der Waals surface area contributed by atoms with E-state index in [1.165, 1.54) is 6.08 Å². The SMILES string of the molecule is CCCOc1cc(OCOC(=O)C(C)(C)C)c(C)cc1/C=C/C(=O)c1ccc(OCOC(=O)C(C)(C)C)cc1. The molecule has 0 bridgehead atoms. The first kappa shape index (κ1) is 31.4. The Morgan fingerprint density at radius 1 is 0.769 bits per heavy atom. The normalized spacial score (nSPS) is 11.7. The molecule has 0 aliphatic rings. The molecule has 2 aromatic carbocycles. The van der Waals surface area contributed by atoms with E-state index in [1.54, 1.807) is 78.0 Å². The summed E-state index contributed by atoms with van der Waals surface area (Å²) in [5, 5.41) is 0. The molecule has 0 unspecified atom stereocenters. The molecule has 0 aromatic heterocycles. The van der Waals surface area contributed by atoms with Crippen molar-refractivity contribution in [2.24, 2.45) is 10.8 Å². The molecule has 0 aliphatic carbocycles. The van der Waals surface area contributed by atoms with Crippen LogP contribution in [0.1, 0.15) is 76.4 Å². The fourth-order valence-corrected chi connectivity index (χ4v) is 3.02. The van der Waals surface area contributed by atoms with Gasteiger partial charge in [0.15, 0.2) is 5.78 Å². The number of aryl methyl sites for hydroxylation is 1. The number of ether oxygens (including phenoxy) is 5. The van der Waals surface area contributed by atoms with Crippen LogP contribution < -0.4 is 14.2 Å². The summed E-state index contributed by atoms with van der Waals surface area (Å²) in [4.78, 5) is 36.6. The van der Waals surface area contributed by atoms with Gasteiger partial charge in [-0.2, -0.15) is 0 Å². The van der Waals surface area contributed by atoms with Gasteiger partial charge in [-0.3, -0.25) is 14.4 Å². The maximum Gasteiger partial charge on any atom is 0.314 e. The summed E-state index contributed by atoms with van der Waals surface area (Å²) in [7, 11) is 0. The summed E-state index contributed by atoms with van der Waals surface area (Å²) < 4.78 is 27.3. The molecule has 0 radical (unpaired) electrons. The Morgan fingerprint density at radius 3 is 1.87 bits per heavy atom. The van der Waals surface area contributed by atoms with Crippen LogP contribution in [0.25, 0.3) is 6.08 Å². The van der Waals surface area contributed by atoms with Crippen LogP contribution in [0.4, 0.5) is 0 Å². The Balaban J connectivity index is 2.07. The molecular formula is C31H40O8. The second-order valence-electron chi connectivity index (χ2n) is 11.1. The van der Waals surface area contributed by atoms with Crippen molar-refractivity contribution in [2.45, 2.75) is 61.8 Å². The molecule has 0 aliphatic heterocycles. The lowest BCUT2D eigenvalue weighted by Crippen LogP contribution is -2.24. The monoisotopic (exact) mass is 540 g/mol. The maximum absolute atomic E-state index is 12.8. The summed E-state index contributed by atoms with van der Waals surface area (Å²) in [5.74, 6) is 0.637. The average Bonchev–Trinajstić information content (AvgIpc) is 2.86. The van der Waals surface area contributed by atoms with Gasteiger partial charge in [0.25, 0.3) is 0 Å². The molecule has 0 saturated heterocycles. The molecule has 8 nitrogen and oxygen atoms in total. The third kappa shape index (κ3) is 10.1. The molecule has 212 valence electrons. The molecule has 2 rings (SSSR count). The van der Waals surface area contributed by atoms with E-state index >= 15 is 0 Å². The minimum absolute atomic E-state index is 0.200. The first-order valence-electron chi connectivity index (χ1n) is 12.9. The summed E-state index contributed by atoms with van der Waals surface area (Å²) in [6.07, 6.45) is 3.97. The number of ketones is 1. The number of rotatable bonds is 12.